The molecular formula is C22H25F3N4O2. The standard InChI is InChI=1S/C22H25F3N4O2/c23-22(24,25)21(30)29(13-14-31-19-6-4-5-16(15-19)20(26)27)18-9-7-17(8-10-18)28-11-2-1-3-12-28/h4-10,15H,1-3,11-14H2,(H3,26,27). The Kier molecular flexibility index (Phi) is 7.04. The number of nitrogens with zero attached hydrogens (tertiary/aromatic N) is 2. The fourth-order valence-electron chi connectivity index (χ4n) is 3.50. The number of rotatable bonds is 7. The third kappa shape index (κ3) is 5.90. The summed E-state index contributed by atoms with van der Waals surface area (Å²) in [5.74, 6) is -1.74. The number of hydrogen-bond acceptors (Lipinski definition) is 4. The van der Waals surface area contributed by atoms with E-state index in [1.165, 1.54) is 24.6 Å². The number of hydrogen-bond donors (Lipinski definition) is 2. The number of alkyl halides is 3. The van der Waals surface area contributed by atoms with Crippen LogP contribution in [0.2, 0.25) is 0 Å². The lowest BCUT2D eigenvalue weighted by atomic mass is 10.1. The van der Waals surface area contributed by atoms with Crippen LogP contribution in [0.4, 0.5) is 24.5 Å². The molecule has 1 fully saturated rings. The first kappa shape index (κ1) is 22.5. The van der Waals surface area contributed by atoms with Gasteiger partial charge >= 0.3 is 12.1 Å². The summed E-state index contributed by atoms with van der Waals surface area (Å²) >= 11 is 0. The van der Waals surface area contributed by atoms with Crippen molar-refractivity contribution >= 4 is 23.1 Å². The number of amides is 1. The molecule has 0 aromatic heterocycles. The van der Waals surface area contributed by atoms with Crippen LogP contribution in [-0.2, 0) is 4.79 Å². The van der Waals surface area contributed by atoms with Gasteiger partial charge in [-0.05, 0) is 55.7 Å². The van der Waals surface area contributed by atoms with E-state index in [2.05, 4.69) is 4.90 Å². The minimum atomic E-state index is -5.00. The highest BCUT2D eigenvalue weighted by molar-refractivity contribution is 5.97. The average Bonchev–Trinajstić information content (AvgIpc) is 2.77. The molecular weight excluding hydrogens is 409 g/mol. The van der Waals surface area contributed by atoms with E-state index in [-0.39, 0.29) is 24.7 Å². The Morgan fingerprint density at radius 2 is 1.77 bits per heavy atom. The van der Waals surface area contributed by atoms with Crippen LogP contribution in [0.1, 0.15) is 24.8 Å². The highest BCUT2D eigenvalue weighted by atomic mass is 19.4. The Bertz CT molecular complexity index is 910. The topological polar surface area (TPSA) is 82.7 Å². The number of ether oxygens (including phenoxy) is 1. The van der Waals surface area contributed by atoms with E-state index in [4.69, 9.17) is 15.9 Å². The maximum absolute atomic E-state index is 13.2. The number of carbonyl (C=O) groups is 1. The fraction of sp³-hybridized carbons (Fsp3) is 0.364. The third-order valence-corrected chi connectivity index (χ3v) is 5.10. The van der Waals surface area contributed by atoms with Gasteiger partial charge in [-0.2, -0.15) is 13.2 Å². The normalized spacial score (nSPS) is 14.2. The number of benzene rings is 2. The van der Waals surface area contributed by atoms with Gasteiger partial charge in [0.2, 0.25) is 0 Å². The number of amidine groups is 1. The third-order valence-electron chi connectivity index (χ3n) is 5.10. The molecule has 2 aromatic carbocycles. The quantitative estimate of drug-likeness (QED) is 0.511. The predicted octanol–water partition coefficient (Wildman–Crippen LogP) is 3.94. The summed E-state index contributed by atoms with van der Waals surface area (Å²) in [6.07, 6.45) is -1.65. The highest BCUT2D eigenvalue weighted by Gasteiger charge is 2.43. The average molecular weight is 434 g/mol. The van der Waals surface area contributed by atoms with Crippen LogP contribution >= 0.6 is 0 Å². The molecule has 0 aliphatic carbocycles. The number of nitrogen functional groups attached to an aromatic ring is 1. The summed E-state index contributed by atoms with van der Waals surface area (Å²) in [5, 5.41) is 7.45. The van der Waals surface area contributed by atoms with Gasteiger partial charge in [0.05, 0.1) is 6.54 Å². The molecule has 166 valence electrons. The first-order valence-corrected chi connectivity index (χ1v) is 10.1. The first-order valence-electron chi connectivity index (χ1n) is 10.1. The fourth-order valence-corrected chi connectivity index (χ4v) is 3.50. The predicted molar refractivity (Wildman–Crippen MR) is 114 cm³/mol. The summed E-state index contributed by atoms with van der Waals surface area (Å²) in [5.41, 5.74) is 6.96. The second-order valence-corrected chi connectivity index (χ2v) is 7.31. The number of nitrogens with one attached hydrogen (secondary N) is 1. The van der Waals surface area contributed by atoms with Gasteiger partial charge in [0.15, 0.2) is 0 Å². The van der Waals surface area contributed by atoms with Gasteiger partial charge < -0.3 is 20.3 Å². The molecule has 0 saturated carbocycles. The molecule has 2 aromatic rings. The minimum Gasteiger partial charge on any atom is -0.492 e. The lowest BCUT2D eigenvalue weighted by molar-refractivity contribution is -0.170. The van der Waals surface area contributed by atoms with Crippen molar-refractivity contribution in [3.05, 3.63) is 54.1 Å². The molecule has 9 heteroatoms. The molecule has 6 nitrogen and oxygen atoms in total. The molecule has 0 unspecified atom stereocenters. The first-order chi connectivity index (χ1) is 14.8. The zero-order chi connectivity index (χ0) is 22.4. The molecule has 31 heavy (non-hydrogen) atoms. The minimum absolute atomic E-state index is 0.145. The van der Waals surface area contributed by atoms with E-state index in [9.17, 15) is 18.0 Å². The lowest BCUT2D eigenvalue weighted by Crippen LogP contribution is -2.43. The van der Waals surface area contributed by atoms with Crippen LogP contribution in [0.5, 0.6) is 5.75 Å². The van der Waals surface area contributed by atoms with Crippen LogP contribution in [0.15, 0.2) is 48.5 Å². The number of piperidine rings is 1. The Morgan fingerprint density at radius 1 is 1.10 bits per heavy atom. The van der Waals surface area contributed by atoms with E-state index in [0.717, 1.165) is 31.6 Å². The summed E-state index contributed by atoms with van der Waals surface area (Å²) in [4.78, 5) is 14.9. The van der Waals surface area contributed by atoms with Crippen LogP contribution in [0.25, 0.3) is 0 Å². The molecule has 0 radical (unpaired) electrons. The second kappa shape index (κ2) is 9.72. The highest BCUT2D eigenvalue weighted by Crippen LogP contribution is 2.27. The molecule has 1 aliphatic rings. The summed E-state index contributed by atoms with van der Waals surface area (Å²) in [6, 6.07) is 12.9. The van der Waals surface area contributed by atoms with E-state index in [0.29, 0.717) is 16.2 Å². The van der Waals surface area contributed by atoms with Crippen LogP contribution < -0.4 is 20.3 Å². The van der Waals surface area contributed by atoms with Gasteiger partial charge in [-0.15, -0.1) is 0 Å². The Balaban J connectivity index is 1.71. The summed E-state index contributed by atoms with van der Waals surface area (Å²) in [6.45, 7) is 1.39. The molecule has 0 spiro atoms. The van der Waals surface area contributed by atoms with Crippen molar-refractivity contribution in [1.29, 1.82) is 5.41 Å². The molecule has 1 aliphatic heterocycles. The number of carbonyl (C=O) groups excluding carboxylic acids is 1. The van der Waals surface area contributed by atoms with Crippen LogP contribution in [0.3, 0.4) is 0 Å². The van der Waals surface area contributed by atoms with Crippen LogP contribution in [0, 0.1) is 5.41 Å². The monoisotopic (exact) mass is 434 g/mol. The van der Waals surface area contributed by atoms with Crippen molar-refractivity contribution in [1.82, 2.24) is 0 Å². The Morgan fingerprint density at radius 3 is 2.39 bits per heavy atom. The number of nitrogens with two attached hydrogens (primary N) is 1. The van der Waals surface area contributed by atoms with Crippen molar-refractivity contribution in [3.8, 4) is 5.75 Å². The Labute approximate surface area is 178 Å². The van der Waals surface area contributed by atoms with Gasteiger partial charge in [-0.25, -0.2) is 0 Å². The van der Waals surface area contributed by atoms with Crippen molar-refractivity contribution in [3.63, 3.8) is 0 Å². The van der Waals surface area contributed by atoms with Crippen molar-refractivity contribution in [2.75, 3.05) is 36.0 Å². The van der Waals surface area contributed by atoms with Crippen molar-refractivity contribution in [2.24, 2.45) is 5.73 Å². The van der Waals surface area contributed by atoms with E-state index in [1.807, 2.05) is 0 Å². The molecule has 1 amide bonds. The number of anilines is 2. The lowest BCUT2D eigenvalue weighted by Gasteiger charge is -2.29. The maximum atomic E-state index is 13.2. The molecule has 0 atom stereocenters. The molecule has 3 rings (SSSR count). The molecule has 0 bridgehead atoms. The SMILES string of the molecule is N=C(N)c1cccc(OCCN(C(=O)C(F)(F)F)c2ccc(N3CCCCC3)cc2)c1. The van der Waals surface area contributed by atoms with E-state index in [1.54, 1.807) is 30.3 Å². The van der Waals surface area contributed by atoms with E-state index < -0.39 is 12.1 Å². The summed E-state index contributed by atoms with van der Waals surface area (Å²) in [7, 11) is 0. The van der Waals surface area contributed by atoms with Crippen molar-refractivity contribution in [2.45, 2.75) is 25.4 Å². The summed E-state index contributed by atoms with van der Waals surface area (Å²) < 4.78 is 45.0. The van der Waals surface area contributed by atoms with Gasteiger partial charge in [-0.1, -0.05) is 12.1 Å². The van der Waals surface area contributed by atoms with E-state index >= 15 is 0 Å². The largest absolute Gasteiger partial charge is 0.492 e. The second-order valence-electron chi connectivity index (χ2n) is 7.31. The Hall–Kier alpha value is -3.23. The van der Waals surface area contributed by atoms with Crippen LogP contribution in [-0.4, -0.2) is 44.2 Å². The zero-order valence-corrected chi connectivity index (χ0v) is 17.0. The maximum Gasteiger partial charge on any atom is 0.471 e. The smallest absolute Gasteiger partial charge is 0.471 e. The van der Waals surface area contributed by atoms with Gasteiger partial charge in [0.25, 0.3) is 0 Å². The molecule has 1 saturated heterocycles. The number of halogens is 3. The van der Waals surface area contributed by atoms with Gasteiger partial charge in [0, 0.05) is 30.0 Å². The van der Waals surface area contributed by atoms with Gasteiger partial charge in [-0.3, -0.25) is 10.2 Å². The molecule has 3 N–H and O–H groups in total. The van der Waals surface area contributed by atoms with Crippen molar-refractivity contribution < 1.29 is 22.7 Å². The molecule has 1 heterocycles. The van der Waals surface area contributed by atoms with Gasteiger partial charge in [0.1, 0.15) is 18.2 Å². The zero-order valence-electron chi connectivity index (χ0n) is 17.0.